The van der Waals surface area contributed by atoms with Gasteiger partial charge in [0.1, 0.15) is 0 Å². The molecule has 0 amide bonds. The maximum absolute atomic E-state index is 8.57. The highest BCUT2D eigenvalue weighted by atomic mass is 32.2. The molecule has 5 heteroatoms. The Hall–Kier alpha value is -1.20. The van der Waals surface area contributed by atoms with Crippen molar-refractivity contribution in [3.05, 3.63) is 35.4 Å². The summed E-state index contributed by atoms with van der Waals surface area (Å²) in [4.78, 5) is 0. The Morgan fingerprint density at radius 1 is 1.56 bits per heavy atom. The van der Waals surface area contributed by atoms with Gasteiger partial charge in [-0.15, -0.1) is 0 Å². The van der Waals surface area contributed by atoms with Gasteiger partial charge in [0.2, 0.25) is 0 Å². The maximum Gasteiger partial charge on any atom is 0.170 e. The van der Waals surface area contributed by atoms with Crippen molar-refractivity contribution in [3.63, 3.8) is 0 Å². The number of rotatable bonds is 6. The molecule has 0 bridgehead atoms. The second-order valence-electron chi connectivity index (χ2n) is 3.23. The highest BCUT2D eigenvalue weighted by Crippen LogP contribution is 2.13. The largest absolute Gasteiger partial charge is 0.409 e. The number of methoxy groups -OCH3 is 1. The van der Waals surface area contributed by atoms with Gasteiger partial charge in [-0.05, 0) is 11.6 Å². The molecule has 0 radical (unpaired) electrons. The van der Waals surface area contributed by atoms with E-state index in [-0.39, 0.29) is 5.84 Å². The fraction of sp³-hybridized carbons (Fsp3) is 0.364. The molecular formula is C11H16N2O2S. The second kappa shape index (κ2) is 7.14. The monoisotopic (exact) mass is 240 g/mol. The summed E-state index contributed by atoms with van der Waals surface area (Å²) in [5.41, 5.74) is 7.41. The Balaban J connectivity index is 2.54. The van der Waals surface area contributed by atoms with E-state index in [1.165, 1.54) is 0 Å². The summed E-state index contributed by atoms with van der Waals surface area (Å²) in [6.07, 6.45) is 0. The molecule has 0 aliphatic rings. The van der Waals surface area contributed by atoms with Crippen molar-refractivity contribution in [1.82, 2.24) is 0 Å². The normalized spacial score (nSPS) is 11.7. The predicted octanol–water partition coefficient (Wildman–Crippen LogP) is 1.66. The predicted molar refractivity (Wildman–Crippen MR) is 67.0 cm³/mol. The number of ether oxygens (including phenoxy) is 1. The summed E-state index contributed by atoms with van der Waals surface area (Å²) < 4.78 is 4.97. The molecule has 0 spiro atoms. The number of thioether (sulfide) groups is 1. The van der Waals surface area contributed by atoms with E-state index >= 15 is 0 Å². The Labute approximate surface area is 99.5 Å². The zero-order valence-electron chi connectivity index (χ0n) is 9.22. The summed E-state index contributed by atoms with van der Waals surface area (Å²) in [5.74, 6) is 2.00. The van der Waals surface area contributed by atoms with E-state index in [0.29, 0.717) is 0 Å². The third kappa shape index (κ3) is 4.12. The van der Waals surface area contributed by atoms with Crippen LogP contribution in [0, 0.1) is 0 Å². The van der Waals surface area contributed by atoms with Gasteiger partial charge < -0.3 is 15.7 Å². The lowest BCUT2D eigenvalue weighted by atomic mass is 10.1. The van der Waals surface area contributed by atoms with Crippen LogP contribution in [0.15, 0.2) is 29.4 Å². The van der Waals surface area contributed by atoms with Gasteiger partial charge in [0.05, 0.1) is 6.61 Å². The molecule has 3 N–H and O–H groups in total. The molecule has 0 saturated carbocycles. The molecule has 1 aromatic carbocycles. The molecule has 1 aromatic rings. The first-order chi connectivity index (χ1) is 7.77. The van der Waals surface area contributed by atoms with E-state index in [9.17, 15) is 0 Å². The molecule has 0 heterocycles. The van der Waals surface area contributed by atoms with Gasteiger partial charge in [0.15, 0.2) is 5.84 Å². The van der Waals surface area contributed by atoms with Crippen LogP contribution in [-0.2, 0) is 10.5 Å². The minimum absolute atomic E-state index is 0.142. The molecule has 0 aromatic heterocycles. The summed E-state index contributed by atoms with van der Waals surface area (Å²) in [7, 11) is 1.69. The Kier molecular flexibility index (Phi) is 5.74. The quantitative estimate of drug-likeness (QED) is 0.261. The molecule has 0 saturated heterocycles. The van der Waals surface area contributed by atoms with E-state index in [4.69, 9.17) is 15.7 Å². The van der Waals surface area contributed by atoms with Crippen LogP contribution in [0.1, 0.15) is 11.1 Å². The highest BCUT2D eigenvalue weighted by Gasteiger charge is 2.00. The topological polar surface area (TPSA) is 67.8 Å². The van der Waals surface area contributed by atoms with Gasteiger partial charge >= 0.3 is 0 Å². The van der Waals surface area contributed by atoms with Gasteiger partial charge in [0, 0.05) is 24.2 Å². The van der Waals surface area contributed by atoms with E-state index in [2.05, 4.69) is 5.16 Å². The first-order valence-electron chi connectivity index (χ1n) is 4.91. The smallest absolute Gasteiger partial charge is 0.170 e. The SMILES string of the molecule is COCCSCc1cccc(/C(N)=N/O)c1. The number of benzene rings is 1. The Morgan fingerprint density at radius 3 is 3.06 bits per heavy atom. The summed E-state index contributed by atoms with van der Waals surface area (Å²) in [5, 5.41) is 11.5. The van der Waals surface area contributed by atoms with Crippen LogP contribution >= 0.6 is 11.8 Å². The molecule has 1 rings (SSSR count). The van der Waals surface area contributed by atoms with Crippen molar-refractivity contribution < 1.29 is 9.94 Å². The second-order valence-corrected chi connectivity index (χ2v) is 4.34. The van der Waals surface area contributed by atoms with Gasteiger partial charge in [-0.2, -0.15) is 11.8 Å². The van der Waals surface area contributed by atoms with Crippen molar-refractivity contribution in [2.75, 3.05) is 19.5 Å². The van der Waals surface area contributed by atoms with Crippen molar-refractivity contribution in [2.24, 2.45) is 10.9 Å². The molecule has 0 aliphatic carbocycles. The zero-order chi connectivity index (χ0) is 11.8. The maximum atomic E-state index is 8.57. The van der Waals surface area contributed by atoms with Crippen LogP contribution < -0.4 is 5.73 Å². The standard InChI is InChI=1S/C11H16N2O2S/c1-15-5-6-16-8-9-3-2-4-10(7-9)11(12)13-14/h2-4,7,14H,5-6,8H2,1H3,(H2,12,13). The van der Waals surface area contributed by atoms with Crippen molar-refractivity contribution in [2.45, 2.75) is 5.75 Å². The van der Waals surface area contributed by atoms with E-state index in [1.54, 1.807) is 18.9 Å². The molecule has 16 heavy (non-hydrogen) atoms. The van der Waals surface area contributed by atoms with Crippen LogP contribution in [0.5, 0.6) is 0 Å². The zero-order valence-corrected chi connectivity index (χ0v) is 10.0. The summed E-state index contributed by atoms with van der Waals surface area (Å²) >= 11 is 1.79. The Morgan fingerprint density at radius 2 is 2.38 bits per heavy atom. The number of nitrogens with zero attached hydrogens (tertiary/aromatic N) is 1. The fourth-order valence-corrected chi connectivity index (χ4v) is 2.05. The van der Waals surface area contributed by atoms with Gasteiger partial charge in [-0.1, -0.05) is 23.4 Å². The van der Waals surface area contributed by atoms with Crippen molar-refractivity contribution in [3.8, 4) is 0 Å². The van der Waals surface area contributed by atoms with Gasteiger partial charge in [-0.25, -0.2) is 0 Å². The molecular weight excluding hydrogens is 224 g/mol. The lowest BCUT2D eigenvalue weighted by Gasteiger charge is -2.04. The molecule has 0 atom stereocenters. The van der Waals surface area contributed by atoms with E-state index < -0.39 is 0 Å². The molecule has 0 aliphatic heterocycles. The van der Waals surface area contributed by atoms with Crippen LogP contribution in [0.2, 0.25) is 0 Å². The summed E-state index contributed by atoms with van der Waals surface area (Å²) in [6.45, 7) is 0.755. The van der Waals surface area contributed by atoms with Crippen LogP contribution in [0.4, 0.5) is 0 Å². The first kappa shape index (κ1) is 12.9. The average molecular weight is 240 g/mol. The Bertz CT molecular complexity index is 356. The molecule has 0 fully saturated rings. The van der Waals surface area contributed by atoms with Crippen molar-refractivity contribution in [1.29, 1.82) is 0 Å². The lowest BCUT2D eigenvalue weighted by molar-refractivity contribution is 0.218. The van der Waals surface area contributed by atoms with Crippen LogP contribution in [0.3, 0.4) is 0 Å². The van der Waals surface area contributed by atoms with Crippen LogP contribution in [-0.4, -0.2) is 30.5 Å². The van der Waals surface area contributed by atoms with E-state index in [0.717, 1.165) is 29.2 Å². The summed E-state index contributed by atoms with van der Waals surface area (Å²) in [6, 6.07) is 7.67. The third-order valence-corrected chi connectivity index (χ3v) is 3.02. The molecule has 4 nitrogen and oxygen atoms in total. The number of amidine groups is 1. The molecule has 88 valence electrons. The van der Waals surface area contributed by atoms with Gasteiger partial charge in [-0.3, -0.25) is 0 Å². The number of hydrogen-bond donors (Lipinski definition) is 2. The first-order valence-corrected chi connectivity index (χ1v) is 6.07. The van der Waals surface area contributed by atoms with Gasteiger partial charge in [0.25, 0.3) is 0 Å². The van der Waals surface area contributed by atoms with E-state index in [1.807, 2.05) is 24.3 Å². The highest BCUT2D eigenvalue weighted by molar-refractivity contribution is 7.98. The van der Waals surface area contributed by atoms with Crippen LogP contribution in [0.25, 0.3) is 0 Å². The lowest BCUT2D eigenvalue weighted by Crippen LogP contribution is -2.13. The third-order valence-electron chi connectivity index (χ3n) is 2.03. The number of nitrogens with two attached hydrogens (primary N) is 1. The number of hydrogen-bond acceptors (Lipinski definition) is 4. The molecule has 0 unspecified atom stereocenters. The fourth-order valence-electron chi connectivity index (χ4n) is 1.21. The minimum Gasteiger partial charge on any atom is -0.409 e. The number of oxime groups is 1. The average Bonchev–Trinajstić information content (AvgIpc) is 2.34. The minimum atomic E-state index is 0.142. The van der Waals surface area contributed by atoms with Crippen molar-refractivity contribution >= 4 is 17.6 Å².